The zero-order chi connectivity index (χ0) is 25.7. The minimum atomic E-state index is -0.725. The molecule has 0 unspecified atom stereocenters. The smallest absolute Gasteiger partial charge is 0.304 e. The van der Waals surface area contributed by atoms with Crippen molar-refractivity contribution in [3.8, 4) is 22.5 Å². The van der Waals surface area contributed by atoms with Gasteiger partial charge in [-0.1, -0.05) is 96.2 Å². The van der Waals surface area contributed by atoms with Gasteiger partial charge in [0, 0.05) is 16.5 Å². The van der Waals surface area contributed by atoms with Crippen molar-refractivity contribution in [2.75, 3.05) is 0 Å². The van der Waals surface area contributed by atoms with Crippen LogP contribution in [-0.4, -0.2) is 16.2 Å². The number of carbonyl (C=O) groups is 1. The minimum Gasteiger partial charge on any atom is -0.481 e. The number of aryl methyl sites for hydroxylation is 2. The van der Waals surface area contributed by atoms with Crippen LogP contribution in [0.3, 0.4) is 0 Å². The van der Waals surface area contributed by atoms with Gasteiger partial charge in [0.25, 0.3) is 0 Å². The molecule has 4 aromatic rings. The highest BCUT2D eigenvalue weighted by Gasteiger charge is 2.45. The molecule has 3 aromatic carbocycles. The molecule has 0 radical (unpaired) electrons. The van der Waals surface area contributed by atoms with Crippen molar-refractivity contribution in [2.45, 2.75) is 57.3 Å². The maximum Gasteiger partial charge on any atom is 0.304 e. The molecule has 188 valence electrons. The molecular formula is C33H33NO3. The number of aromatic nitrogens is 1. The number of unbranched alkanes of at least 4 members (excludes halogenated alkanes) is 2. The number of rotatable bonds is 11. The summed E-state index contributed by atoms with van der Waals surface area (Å²) in [5.74, 6) is 0.0707. The standard InChI is InChI=1S/C33H33NO3/c1-24-30(12-8-3-2-5-9-25-10-6-4-7-11-25)32(37-34-24)28-15-13-26(14-16-28)27-17-19-29(20-18-27)33(21-22-33)23-31(35)36/h4,6-8,10-20H,2-3,5,9,21-23H2,1H3,(H,35,36). The second-order valence-corrected chi connectivity index (χ2v) is 10.2. The van der Waals surface area contributed by atoms with Crippen LogP contribution in [0.1, 0.15) is 60.9 Å². The summed E-state index contributed by atoms with van der Waals surface area (Å²) in [6.07, 6.45) is 10.9. The van der Waals surface area contributed by atoms with Gasteiger partial charge in [-0.3, -0.25) is 4.79 Å². The normalized spacial score (nSPS) is 14.2. The molecule has 1 saturated carbocycles. The molecule has 37 heavy (non-hydrogen) atoms. The fourth-order valence-electron chi connectivity index (χ4n) is 5.06. The SMILES string of the molecule is Cc1noc(-c2ccc(-c3ccc(C4(CC(=O)O)CC4)cc3)cc2)c1C=CCCCCc1ccccc1. The highest BCUT2D eigenvalue weighted by Crippen LogP contribution is 2.51. The Balaban J connectivity index is 1.21. The van der Waals surface area contributed by atoms with E-state index in [1.807, 2.05) is 6.92 Å². The van der Waals surface area contributed by atoms with E-state index >= 15 is 0 Å². The lowest BCUT2D eigenvalue weighted by Gasteiger charge is -2.13. The monoisotopic (exact) mass is 491 g/mol. The molecule has 0 bridgehead atoms. The fraction of sp³-hybridized carbons (Fsp3) is 0.273. The number of carboxylic acids is 1. The van der Waals surface area contributed by atoms with Crippen molar-refractivity contribution in [3.05, 3.63) is 107 Å². The molecule has 1 aromatic heterocycles. The van der Waals surface area contributed by atoms with Crippen molar-refractivity contribution >= 4 is 12.0 Å². The zero-order valence-electron chi connectivity index (χ0n) is 21.3. The Hall–Kier alpha value is -3.92. The van der Waals surface area contributed by atoms with Crippen molar-refractivity contribution in [2.24, 2.45) is 0 Å². The van der Waals surface area contributed by atoms with Crippen molar-refractivity contribution < 1.29 is 14.4 Å². The number of hydrogen-bond donors (Lipinski definition) is 1. The van der Waals surface area contributed by atoms with Gasteiger partial charge in [0.15, 0.2) is 5.76 Å². The van der Waals surface area contributed by atoms with Crippen LogP contribution in [0.4, 0.5) is 0 Å². The summed E-state index contributed by atoms with van der Waals surface area (Å²) in [6, 6.07) is 27.3. The van der Waals surface area contributed by atoms with E-state index in [9.17, 15) is 9.90 Å². The Kier molecular flexibility index (Phi) is 7.36. The highest BCUT2D eigenvalue weighted by molar-refractivity contribution is 5.75. The van der Waals surface area contributed by atoms with Crippen molar-refractivity contribution in [3.63, 3.8) is 0 Å². The number of aliphatic carboxylic acids is 1. The van der Waals surface area contributed by atoms with E-state index in [0.29, 0.717) is 0 Å². The van der Waals surface area contributed by atoms with Gasteiger partial charge in [-0.15, -0.1) is 0 Å². The number of nitrogens with zero attached hydrogens (tertiary/aromatic N) is 1. The number of benzene rings is 3. The van der Waals surface area contributed by atoms with Gasteiger partial charge in [0.1, 0.15) is 0 Å². The van der Waals surface area contributed by atoms with Crippen LogP contribution in [0.25, 0.3) is 28.5 Å². The van der Waals surface area contributed by atoms with E-state index in [4.69, 9.17) is 4.52 Å². The summed E-state index contributed by atoms with van der Waals surface area (Å²) >= 11 is 0. The molecule has 1 aliphatic carbocycles. The largest absolute Gasteiger partial charge is 0.481 e. The molecule has 4 heteroatoms. The van der Waals surface area contributed by atoms with Gasteiger partial charge in [0.2, 0.25) is 0 Å². The second kappa shape index (κ2) is 11.0. The molecule has 0 saturated heterocycles. The van der Waals surface area contributed by atoms with E-state index in [1.54, 1.807) is 0 Å². The van der Waals surface area contributed by atoms with Gasteiger partial charge in [-0.2, -0.15) is 0 Å². The topological polar surface area (TPSA) is 63.3 Å². The van der Waals surface area contributed by atoms with Crippen molar-refractivity contribution in [1.82, 2.24) is 5.16 Å². The van der Waals surface area contributed by atoms with Crippen LogP contribution in [0.5, 0.6) is 0 Å². The van der Waals surface area contributed by atoms with Crippen LogP contribution in [0.15, 0.2) is 89.5 Å². The summed E-state index contributed by atoms with van der Waals surface area (Å²) < 4.78 is 5.71. The van der Waals surface area contributed by atoms with Gasteiger partial charge < -0.3 is 9.63 Å². The van der Waals surface area contributed by atoms with E-state index in [0.717, 1.165) is 71.4 Å². The lowest BCUT2D eigenvalue weighted by molar-refractivity contribution is -0.137. The number of hydrogen-bond acceptors (Lipinski definition) is 3. The van der Waals surface area contributed by atoms with Gasteiger partial charge in [0.05, 0.1) is 12.1 Å². The first-order valence-electron chi connectivity index (χ1n) is 13.1. The molecule has 1 N–H and O–H groups in total. The minimum absolute atomic E-state index is 0.163. The molecule has 0 amide bonds. The van der Waals surface area contributed by atoms with Crippen LogP contribution >= 0.6 is 0 Å². The summed E-state index contributed by atoms with van der Waals surface area (Å²) in [5, 5.41) is 13.4. The summed E-state index contributed by atoms with van der Waals surface area (Å²) in [6.45, 7) is 1.98. The van der Waals surface area contributed by atoms with Crippen LogP contribution in [0, 0.1) is 6.92 Å². The third-order valence-electron chi connectivity index (χ3n) is 7.44. The average Bonchev–Trinajstić information content (AvgIpc) is 3.60. The first-order valence-corrected chi connectivity index (χ1v) is 13.1. The van der Waals surface area contributed by atoms with Gasteiger partial charge >= 0.3 is 5.97 Å². The molecule has 4 nitrogen and oxygen atoms in total. The second-order valence-electron chi connectivity index (χ2n) is 10.2. The Morgan fingerprint density at radius 3 is 2.22 bits per heavy atom. The summed E-state index contributed by atoms with van der Waals surface area (Å²) in [7, 11) is 0. The first-order chi connectivity index (χ1) is 18.0. The maximum absolute atomic E-state index is 11.2. The Bertz CT molecular complexity index is 1360. The van der Waals surface area contributed by atoms with E-state index in [2.05, 4.69) is 96.2 Å². The lowest BCUT2D eigenvalue weighted by Crippen LogP contribution is -2.12. The molecule has 0 aliphatic heterocycles. The predicted molar refractivity (Wildman–Crippen MR) is 148 cm³/mol. The Labute approximate surface area is 218 Å². The number of allylic oxidation sites excluding steroid dienone is 1. The summed E-state index contributed by atoms with van der Waals surface area (Å²) in [5.41, 5.74) is 7.53. The van der Waals surface area contributed by atoms with Crippen LogP contribution in [0.2, 0.25) is 0 Å². The molecule has 1 aliphatic rings. The molecule has 0 atom stereocenters. The predicted octanol–water partition coefficient (Wildman–Crippen LogP) is 8.25. The molecule has 5 rings (SSSR count). The Morgan fingerprint density at radius 2 is 1.57 bits per heavy atom. The first kappa shape index (κ1) is 24.8. The third kappa shape index (κ3) is 5.91. The molecule has 1 fully saturated rings. The van der Waals surface area contributed by atoms with Crippen molar-refractivity contribution in [1.29, 1.82) is 0 Å². The van der Waals surface area contributed by atoms with E-state index in [-0.39, 0.29) is 11.8 Å². The highest BCUT2D eigenvalue weighted by atomic mass is 16.5. The quantitative estimate of drug-likeness (QED) is 0.215. The number of carboxylic acid groups (broad SMARTS) is 1. The van der Waals surface area contributed by atoms with E-state index in [1.165, 1.54) is 12.0 Å². The average molecular weight is 492 g/mol. The van der Waals surface area contributed by atoms with Crippen LogP contribution < -0.4 is 0 Å². The lowest BCUT2D eigenvalue weighted by atomic mass is 9.91. The van der Waals surface area contributed by atoms with E-state index < -0.39 is 5.97 Å². The van der Waals surface area contributed by atoms with Gasteiger partial charge in [-0.05, 0) is 67.7 Å². The zero-order valence-corrected chi connectivity index (χ0v) is 21.3. The maximum atomic E-state index is 11.2. The third-order valence-corrected chi connectivity index (χ3v) is 7.44. The molecule has 1 heterocycles. The molecule has 0 spiro atoms. The Morgan fingerprint density at radius 1 is 0.919 bits per heavy atom. The van der Waals surface area contributed by atoms with Gasteiger partial charge in [-0.25, -0.2) is 0 Å². The fourth-order valence-corrected chi connectivity index (χ4v) is 5.06. The van der Waals surface area contributed by atoms with Crippen LogP contribution in [-0.2, 0) is 16.6 Å². The summed E-state index contributed by atoms with van der Waals surface area (Å²) in [4.78, 5) is 11.2. The molecular weight excluding hydrogens is 458 g/mol.